The van der Waals surface area contributed by atoms with Crippen LogP contribution in [0.1, 0.15) is 29.7 Å². The lowest BCUT2D eigenvalue weighted by Crippen LogP contribution is -2.46. The summed E-state index contributed by atoms with van der Waals surface area (Å²) in [7, 11) is 1.99. The van der Waals surface area contributed by atoms with Crippen LogP contribution in [0.2, 0.25) is 0 Å². The van der Waals surface area contributed by atoms with E-state index in [2.05, 4.69) is 46.1 Å². The van der Waals surface area contributed by atoms with Crippen molar-refractivity contribution in [3.63, 3.8) is 0 Å². The number of fused-ring (bicyclic) bond motifs is 2. The summed E-state index contributed by atoms with van der Waals surface area (Å²) in [6.45, 7) is 6.61. The Morgan fingerprint density at radius 3 is 2.62 bits per heavy atom. The minimum absolute atomic E-state index is 0.706. The van der Waals surface area contributed by atoms with Crippen LogP contribution in [-0.2, 0) is 20.0 Å². The molecule has 1 aromatic carbocycles. The number of thiazole rings is 1. The fourth-order valence-corrected chi connectivity index (χ4v) is 5.54. The van der Waals surface area contributed by atoms with Crippen LogP contribution >= 0.6 is 11.3 Å². The van der Waals surface area contributed by atoms with Gasteiger partial charge in [-0.3, -0.25) is 4.90 Å². The smallest absolute Gasteiger partial charge is 0.188 e. The molecule has 0 aliphatic carbocycles. The van der Waals surface area contributed by atoms with Crippen molar-refractivity contribution in [2.24, 2.45) is 7.05 Å². The van der Waals surface area contributed by atoms with Crippen LogP contribution < -0.4 is 4.90 Å². The van der Waals surface area contributed by atoms with E-state index >= 15 is 0 Å². The highest BCUT2D eigenvalue weighted by molar-refractivity contribution is 7.22. The summed E-state index contributed by atoms with van der Waals surface area (Å²) < 4.78 is 3.14. The third kappa shape index (κ3) is 2.72. The molecule has 1 fully saturated rings. The zero-order valence-corrected chi connectivity index (χ0v) is 16.3. The lowest BCUT2D eigenvalue weighted by Gasteiger charge is -2.40. The number of piperidine rings is 1. The third-order valence-electron chi connectivity index (χ3n) is 5.94. The molecule has 5 nitrogen and oxygen atoms in total. The van der Waals surface area contributed by atoms with Crippen LogP contribution in [0.15, 0.2) is 24.3 Å². The molecule has 4 heterocycles. The summed E-state index contributed by atoms with van der Waals surface area (Å²) in [6.07, 6.45) is 3.66. The van der Waals surface area contributed by atoms with Crippen molar-refractivity contribution in [3.8, 4) is 0 Å². The average Bonchev–Trinajstić information content (AvgIpc) is 3.23. The van der Waals surface area contributed by atoms with Crippen LogP contribution in [0.25, 0.3) is 10.3 Å². The molecule has 3 aromatic rings. The highest BCUT2D eigenvalue weighted by Gasteiger charge is 2.28. The molecule has 0 atom stereocenters. The van der Waals surface area contributed by atoms with Crippen LogP contribution in [0, 0.1) is 6.92 Å². The first-order chi connectivity index (χ1) is 12.7. The number of hydrogen-bond donors (Lipinski definition) is 0. The van der Waals surface area contributed by atoms with Gasteiger partial charge in [-0.1, -0.05) is 35.6 Å². The molecule has 0 saturated carbocycles. The highest BCUT2D eigenvalue weighted by Crippen LogP contribution is 2.33. The lowest BCUT2D eigenvalue weighted by atomic mass is 9.95. The highest BCUT2D eigenvalue weighted by atomic mass is 32.1. The molecule has 2 aliphatic heterocycles. The van der Waals surface area contributed by atoms with Crippen molar-refractivity contribution in [2.45, 2.75) is 38.8 Å². The van der Waals surface area contributed by atoms with Crippen molar-refractivity contribution in [2.75, 3.05) is 24.5 Å². The van der Waals surface area contributed by atoms with E-state index in [0.717, 1.165) is 31.0 Å². The van der Waals surface area contributed by atoms with Crippen LogP contribution in [0.3, 0.4) is 0 Å². The Morgan fingerprint density at radius 1 is 1.08 bits per heavy atom. The standard InChI is InChI=1S/C20H25N5S/c1-14-18-19(23(2)22-14)21-20(26-18)24-11-8-17(9-12-24)25-10-7-15-5-3-4-6-16(15)13-25/h3-6,17H,7-13H2,1-2H3. The van der Waals surface area contributed by atoms with Gasteiger partial charge < -0.3 is 4.90 Å². The summed E-state index contributed by atoms with van der Waals surface area (Å²) in [5.74, 6) is 0. The Morgan fingerprint density at radius 2 is 1.85 bits per heavy atom. The Kier molecular flexibility index (Phi) is 3.98. The number of aryl methyl sites for hydroxylation is 2. The largest absolute Gasteiger partial charge is 0.348 e. The van der Waals surface area contributed by atoms with Gasteiger partial charge in [0.1, 0.15) is 0 Å². The number of benzene rings is 1. The van der Waals surface area contributed by atoms with Gasteiger partial charge in [-0.2, -0.15) is 5.10 Å². The average molecular weight is 368 g/mol. The second-order valence-electron chi connectivity index (χ2n) is 7.57. The molecular formula is C20H25N5S. The van der Waals surface area contributed by atoms with Crippen LogP contribution in [-0.4, -0.2) is 45.3 Å². The van der Waals surface area contributed by atoms with E-state index in [1.54, 1.807) is 16.9 Å². The van der Waals surface area contributed by atoms with Gasteiger partial charge in [0.25, 0.3) is 0 Å². The Balaban J connectivity index is 1.27. The van der Waals surface area contributed by atoms with Gasteiger partial charge in [-0.15, -0.1) is 0 Å². The van der Waals surface area contributed by atoms with Crippen molar-refractivity contribution < 1.29 is 0 Å². The van der Waals surface area contributed by atoms with Gasteiger partial charge in [0.2, 0.25) is 0 Å². The van der Waals surface area contributed by atoms with E-state index < -0.39 is 0 Å². The van der Waals surface area contributed by atoms with Crippen LogP contribution in [0.5, 0.6) is 0 Å². The van der Waals surface area contributed by atoms with Gasteiger partial charge in [0, 0.05) is 39.3 Å². The van der Waals surface area contributed by atoms with Gasteiger partial charge >= 0.3 is 0 Å². The molecule has 26 heavy (non-hydrogen) atoms. The van der Waals surface area contributed by atoms with E-state index in [0.29, 0.717) is 6.04 Å². The maximum absolute atomic E-state index is 4.86. The van der Waals surface area contributed by atoms with Crippen molar-refractivity contribution in [1.82, 2.24) is 19.7 Å². The fraction of sp³-hybridized carbons (Fsp3) is 0.500. The molecule has 0 spiro atoms. The molecule has 2 aromatic heterocycles. The number of hydrogen-bond acceptors (Lipinski definition) is 5. The Labute approximate surface area is 158 Å². The predicted molar refractivity (Wildman–Crippen MR) is 107 cm³/mol. The number of aromatic nitrogens is 3. The number of nitrogens with zero attached hydrogens (tertiary/aromatic N) is 5. The van der Waals surface area contributed by atoms with Crippen LogP contribution in [0.4, 0.5) is 5.13 Å². The van der Waals surface area contributed by atoms with Crippen molar-refractivity contribution >= 4 is 26.8 Å². The first-order valence-corrected chi connectivity index (χ1v) is 10.4. The summed E-state index contributed by atoms with van der Waals surface area (Å²) in [5.41, 5.74) is 5.18. The van der Waals surface area contributed by atoms with Gasteiger partial charge in [0.15, 0.2) is 10.8 Å². The normalized spacial score (nSPS) is 19.2. The molecule has 0 unspecified atom stereocenters. The molecule has 5 rings (SSSR count). The molecule has 136 valence electrons. The Bertz CT molecular complexity index is 900. The molecule has 0 amide bonds. The monoisotopic (exact) mass is 367 g/mol. The fourth-order valence-electron chi connectivity index (χ4n) is 4.46. The third-order valence-corrected chi connectivity index (χ3v) is 7.16. The van der Waals surface area contributed by atoms with Crippen molar-refractivity contribution in [3.05, 3.63) is 41.1 Å². The van der Waals surface area contributed by atoms with Crippen molar-refractivity contribution in [1.29, 1.82) is 0 Å². The second kappa shape index (κ2) is 6.35. The number of anilines is 1. The summed E-state index contributed by atoms with van der Waals surface area (Å²) >= 11 is 1.80. The Hall–Kier alpha value is -1.92. The molecule has 2 aliphatic rings. The SMILES string of the molecule is Cc1nn(C)c2nc(N3CCC(N4CCc5ccccc5C4)CC3)sc12. The van der Waals surface area contributed by atoms with E-state index in [9.17, 15) is 0 Å². The van der Waals surface area contributed by atoms with E-state index in [1.807, 2.05) is 11.7 Å². The maximum atomic E-state index is 4.86. The summed E-state index contributed by atoms with van der Waals surface area (Å²) in [5, 5.41) is 5.63. The van der Waals surface area contributed by atoms with Gasteiger partial charge in [0.05, 0.1) is 10.4 Å². The minimum Gasteiger partial charge on any atom is -0.348 e. The van der Waals surface area contributed by atoms with E-state index in [1.165, 1.54) is 41.2 Å². The molecular weight excluding hydrogens is 342 g/mol. The minimum atomic E-state index is 0.706. The molecule has 0 N–H and O–H groups in total. The second-order valence-corrected chi connectivity index (χ2v) is 8.54. The lowest BCUT2D eigenvalue weighted by molar-refractivity contribution is 0.153. The predicted octanol–water partition coefficient (Wildman–Crippen LogP) is 3.37. The first kappa shape index (κ1) is 16.3. The topological polar surface area (TPSA) is 37.2 Å². The van der Waals surface area contributed by atoms with E-state index in [4.69, 9.17) is 4.98 Å². The molecule has 6 heteroatoms. The zero-order chi connectivity index (χ0) is 17.7. The first-order valence-electron chi connectivity index (χ1n) is 9.55. The quantitative estimate of drug-likeness (QED) is 0.696. The zero-order valence-electron chi connectivity index (χ0n) is 15.5. The van der Waals surface area contributed by atoms with Gasteiger partial charge in [-0.05, 0) is 37.3 Å². The summed E-state index contributed by atoms with van der Waals surface area (Å²) in [4.78, 5) is 10.0. The summed E-state index contributed by atoms with van der Waals surface area (Å²) in [6, 6.07) is 9.64. The molecule has 0 bridgehead atoms. The molecule has 0 radical (unpaired) electrons. The van der Waals surface area contributed by atoms with E-state index in [-0.39, 0.29) is 0 Å². The van der Waals surface area contributed by atoms with Gasteiger partial charge in [-0.25, -0.2) is 9.67 Å². The number of rotatable bonds is 2. The maximum Gasteiger partial charge on any atom is 0.188 e. The molecule has 1 saturated heterocycles.